The number of aryl methyl sites for hydroxylation is 3. The highest BCUT2D eigenvalue weighted by molar-refractivity contribution is 5.80. The third kappa shape index (κ3) is 2.43. The average molecular weight is 314 g/mol. The van der Waals surface area contributed by atoms with Crippen LogP contribution in [0.1, 0.15) is 18.1 Å². The van der Waals surface area contributed by atoms with Crippen LogP contribution in [0.25, 0.3) is 22.6 Å². The molecule has 0 amide bonds. The number of aromatic nitrogens is 4. The molecule has 23 heavy (non-hydrogen) atoms. The van der Waals surface area contributed by atoms with Crippen LogP contribution in [0, 0.1) is 13.8 Å². The Morgan fingerprint density at radius 1 is 1.17 bits per heavy atom. The average Bonchev–Trinajstić information content (AvgIpc) is 2.47. The van der Waals surface area contributed by atoms with Crippen molar-refractivity contribution in [3.05, 3.63) is 44.1 Å². The van der Waals surface area contributed by atoms with Gasteiger partial charge in [-0.25, -0.2) is 9.78 Å². The highest BCUT2D eigenvalue weighted by Crippen LogP contribution is 2.22. The quantitative estimate of drug-likeness (QED) is 0.699. The molecule has 1 N–H and O–H groups in total. The zero-order valence-corrected chi connectivity index (χ0v) is 13.5. The lowest BCUT2D eigenvalue weighted by atomic mass is 10.1. The first kappa shape index (κ1) is 15.4. The Labute approximate surface area is 132 Å². The second kappa shape index (κ2) is 5.27. The molecule has 1 atom stereocenters. The fourth-order valence-electron chi connectivity index (χ4n) is 2.65. The van der Waals surface area contributed by atoms with Crippen molar-refractivity contribution < 1.29 is 5.11 Å². The fraction of sp³-hybridized carbons (Fsp3) is 0.375. The number of aliphatic hydroxyl groups is 1. The Morgan fingerprint density at radius 2 is 1.83 bits per heavy atom. The highest BCUT2D eigenvalue weighted by atomic mass is 16.3. The standard InChI is InChI=1S/C16H18N4O3/c1-8-5-11-12(6-9(8)2)19(4)14-13(17-11)15(22)20(7-10(3)21)16(23)18-14/h5-6,10,21H,7H2,1-4H3. The molecular weight excluding hydrogens is 296 g/mol. The first-order valence-electron chi connectivity index (χ1n) is 7.36. The number of benzene rings is 1. The molecule has 7 heteroatoms. The molecule has 0 saturated carbocycles. The second-order valence-corrected chi connectivity index (χ2v) is 5.93. The van der Waals surface area contributed by atoms with Crippen molar-refractivity contribution in [1.82, 2.24) is 19.1 Å². The van der Waals surface area contributed by atoms with Crippen LogP contribution >= 0.6 is 0 Å². The third-order valence-electron chi connectivity index (χ3n) is 4.04. The summed E-state index contributed by atoms with van der Waals surface area (Å²) in [4.78, 5) is 33.1. The lowest BCUT2D eigenvalue weighted by Gasteiger charge is -2.16. The van der Waals surface area contributed by atoms with Crippen LogP contribution in [0.5, 0.6) is 0 Å². The van der Waals surface area contributed by atoms with Crippen molar-refractivity contribution in [3.8, 4) is 11.5 Å². The summed E-state index contributed by atoms with van der Waals surface area (Å²) in [5, 5.41) is 9.47. The largest absolute Gasteiger partial charge is 0.392 e. The van der Waals surface area contributed by atoms with E-state index in [1.54, 1.807) is 11.6 Å². The molecule has 0 aliphatic carbocycles. The molecule has 2 heterocycles. The summed E-state index contributed by atoms with van der Waals surface area (Å²) in [6.07, 6.45) is -0.821. The highest BCUT2D eigenvalue weighted by Gasteiger charge is 2.20. The summed E-state index contributed by atoms with van der Waals surface area (Å²) in [6, 6.07) is 3.87. The fourth-order valence-corrected chi connectivity index (χ4v) is 2.65. The van der Waals surface area contributed by atoms with E-state index in [1.807, 2.05) is 26.0 Å². The number of hydrogen-bond donors (Lipinski definition) is 1. The van der Waals surface area contributed by atoms with Gasteiger partial charge in [0.2, 0.25) is 0 Å². The summed E-state index contributed by atoms with van der Waals surface area (Å²) in [5.41, 5.74) is 2.56. The van der Waals surface area contributed by atoms with Crippen molar-refractivity contribution in [1.29, 1.82) is 0 Å². The topological polar surface area (TPSA) is 90.0 Å². The van der Waals surface area contributed by atoms with Crippen LogP contribution in [-0.4, -0.2) is 30.3 Å². The summed E-state index contributed by atoms with van der Waals surface area (Å²) >= 11 is 0. The molecule has 0 bridgehead atoms. The maximum absolute atomic E-state index is 12.6. The first-order chi connectivity index (χ1) is 10.8. The predicted octanol–water partition coefficient (Wildman–Crippen LogP) is 0.593. The molecule has 2 aliphatic heterocycles. The number of aliphatic hydroxyl groups excluding tert-OH is 1. The van der Waals surface area contributed by atoms with E-state index in [0.29, 0.717) is 5.52 Å². The maximum Gasteiger partial charge on any atom is 0.352 e. The molecule has 0 saturated heterocycles. The Balaban J connectivity index is 2.45. The summed E-state index contributed by atoms with van der Waals surface area (Å²) < 4.78 is 2.63. The van der Waals surface area contributed by atoms with Crippen LogP contribution in [0.4, 0.5) is 0 Å². The second-order valence-electron chi connectivity index (χ2n) is 5.93. The van der Waals surface area contributed by atoms with Crippen LogP contribution in [0.15, 0.2) is 21.7 Å². The summed E-state index contributed by atoms with van der Waals surface area (Å²) in [6.45, 7) is 5.38. The zero-order valence-electron chi connectivity index (χ0n) is 13.5. The minimum Gasteiger partial charge on any atom is -0.392 e. The molecule has 2 aliphatic rings. The number of rotatable bonds is 2. The Morgan fingerprint density at radius 3 is 2.48 bits per heavy atom. The van der Waals surface area contributed by atoms with Crippen LogP contribution in [-0.2, 0) is 13.6 Å². The Hall–Kier alpha value is -2.54. The van der Waals surface area contributed by atoms with Gasteiger partial charge in [-0.3, -0.25) is 9.36 Å². The SMILES string of the molecule is Cc1cc2nc3c(=O)n(CC(C)O)c(=O)nc-3n(C)c2cc1C. The molecule has 0 radical (unpaired) electrons. The van der Waals surface area contributed by atoms with Gasteiger partial charge in [-0.05, 0) is 44.0 Å². The molecular formula is C16H18N4O3. The molecule has 7 nitrogen and oxygen atoms in total. The van der Waals surface area contributed by atoms with Crippen LogP contribution in [0.2, 0.25) is 0 Å². The van der Waals surface area contributed by atoms with Gasteiger partial charge in [-0.15, -0.1) is 0 Å². The van der Waals surface area contributed by atoms with Crippen molar-refractivity contribution >= 4 is 11.0 Å². The molecule has 1 unspecified atom stereocenters. The van der Waals surface area contributed by atoms with E-state index < -0.39 is 17.4 Å². The molecule has 1 aromatic rings. The van der Waals surface area contributed by atoms with E-state index in [0.717, 1.165) is 21.2 Å². The van der Waals surface area contributed by atoms with Crippen LogP contribution < -0.4 is 11.2 Å². The molecule has 0 spiro atoms. The Bertz CT molecular complexity index is 1000. The van der Waals surface area contributed by atoms with E-state index in [-0.39, 0.29) is 18.1 Å². The van der Waals surface area contributed by atoms with Crippen molar-refractivity contribution in [3.63, 3.8) is 0 Å². The van der Waals surface area contributed by atoms with E-state index in [4.69, 9.17) is 0 Å². The van der Waals surface area contributed by atoms with Crippen molar-refractivity contribution in [2.75, 3.05) is 0 Å². The van der Waals surface area contributed by atoms with Gasteiger partial charge in [-0.1, -0.05) is 0 Å². The van der Waals surface area contributed by atoms with Gasteiger partial charge >= 0.3 is 5.69 Å². The molecule has 1 aromatic carbocycles. The normalized spacial score (nSPS) is 12.9. The monoisotopic (exact) mass is 314 g/mol. The van der Waals surface area contributed by atoms with E-state index in [1.165, 1.54) is 6.92 Å². The van der Waals surface area contributed by atoms with E-state index >= 15 is 0 Å². The third-order valence-corrected chi connectivity index (χ3v) is 4.04. The van der Waals surface area contributed by atoms with Crippen molar-refractivity contribution in [2.24, 2.45) is 7.05 Å². The lowest BCUT2D eigenvalue weighted by Crippen LogP contribution is -2.40. The van der Waals surface area contributed by atoms with Gasteiger partial charge < -0.3 is 9.67 Å². The van der Waals surface area contributed by atoms with Gasteiger partial charge in [0.1, 0.15) is 0 Å². The van der Waals surface area contributed by atoms with Gasteiger partial charge in [0, 0.05) is 7.05 Å². The van der Waals surface area contributed by atoms with Gasteiger partial charge in [0.25, 0.3) is 5.56 Å². The number of hydrogen-bond acceptors (Lipinski definition) is 5. The van der Waals surface area contributed by atoms with E-state index in [9.17, 15) is 14.7 Å². The van der Waals surface area contributed by atoms with Gasteiger partial charge in [-0.2, -0.15) is 4.98 Å². The molecule has 120 valence electrons. The predicted molar refractivity (Wildman–Crippen MR) is 86.8 cm³/mol. The summed E-state index contributed by atoms with van der Waals surface area (Å²) in [7, 11) is 1.76. The zero-order chi connectivity index (χ0) is 16.9. The lowest BCUT2D eigenvalue weighted by molar-refractivity contribution is 0.170. The smallest absolute Gasteiger partial charge is 0.352 e. The molecule has 3 rings (SSSR count). The molecule has 0 fully saturated rings. The van der Waals surface area contributed by atoms with Crippen LogP contribution in [0.3, 0.4) is 0 Å². The number of fused-ring (bicyclic) bond motifs is 2. The summed E-state index contributed by atoms with van der Waals surface area (Å²) in [5.74, 6) is 0.248. The number of nitrogens with zero attached hydrogens (tertiary/aromatic N) is 4. The Kier molecular flexibility index (Phi) is 3.52. The minimum absolute atomic E-state index is 0.100. The maximum atomic E-state index is 12.6. The van der Waals surface area contributed by atoms with Crippen molar-refractivity contribution in [2.45, 2.75) is 33.4 Å². The molecule has 0 aromatic heterocycles. The van der Waals surface area contributed by atoms with E-state index in [2.05, 4.69) is 9.97 Å². The van der Waals surface area contributed by atoms with Gasteiger partial charge in [0.05, 0.1) is 23.7 Å². The van der Waals surface area contributed by atoms with Gasteiger partial charge in [0.15, 0.2) is 11.5 Å². The minimum atomic E-state index is -0.821. The first-order valence-corrected chi connectivity index (χ1v) is 7.36.